The maximum absolute atomic E-state index is 12.6. The molecule has 0 radical (unpaired) electrons. The minimum absolute atomic E-state index is 0.0589. The zero-order valence-corrected chi connectivity index (χ0v) is 14.5. The number of carbonyl (C=O) groups is 2. The summed E-state index contributed by atoms with van der Waals surface area (Å²) >= 11 is 0. The molecule has 24 heavy (non-hydrogen) atoms. The molecule has 1 heterocycles. The molecule has 1 aliphatic rings. The molecule has 132 valence electrons. The molecule has 0 aromatic heterocycles. The number of hydrogen-bond donors (Lipinski definition) is 4. The SMILES string of the molecule is CC(C)[C@@H](Nc1ccc(CNC=O)cc1)C(=O)NC1CCNCC1. The van der Waals surface area contributed by atoms with E-state index in [0.29, 0.717) is 13.0 Å². The van der Waals surface area contributed by atoms with Crippen molar-refractivity contribution in [3.8, 4) is 0 Å². The highest BCUT2D eigenvalue weighted by Gasteiger charge is 2.25. The molecule has 2 rings (SSSR count). The second-order valence-corrected chi connectivity index (χ2v) is 6.59. The van der Waals surface area contributed by atoms with Gasteiger partial charge < -0.3 is 21.3 Å². The van der Waals surface area contributed by atoms with Gasteiger partial charge in [-0.15, -0.1) is 0 Å². The van der Waals surface area contributed by atoms with Gasteiger partial charge in [-0.2, -0.15) is 0 Å². The van der Waals surface area contributed by atoms with Crippen molar-refractivity contribution in [2.24, 2.45) is 5.92 Å². The minimum atomic E-state index is -0.265. The molecule has 6 nitrogen and oxygen atoms in total. The quantitative estimate of drug-likeness (QED) is 0.540. The van der Waals surface area contributed by atoms with Crippen LogP contribution in [0, 0.1) is 5.92 Å². The van der Waals surface area contributed by atoms with Crippen LogP contribution in [0.4, 0.5) is 5.69 Å². The Hall–Kier alpha value is -2.08. The van der Waals surface area contributed by atoms with Gasteiger partial charge in [-0.25, -0.2) is 0 Å². The number of anilines is 1. The van der Waals surface area contributed by atoms with Crippen molar-refractivity contribution in [1.82, 2.24) is 16.0 Å². The first-order valence-electron chi connectivity index (χ1n) is 8.63. The van der Waals surface area contributed by atoms with Crippen LogP contribution in [0.5, 0.6) is 0 Å². The molecule has 0 bridgehead atoms. The molecule has 1 aromatic carbocycles. The van der Waals surface area contributed by atoms with Crippen LogP contribution in [0.1, 0.15) is 32.3 Å². The van der Waals surface area contributed by atoms with Gasteiger partial charge in [-0.3, -0.25) is 9.59 Å². The molecule has 0 aliphatic carbocycles. The Kier molecular flexibility index (Phi) is 7.06. The average molecular weight is 332 g/mol. The third-order valence-corrected chi connectivity index (χ3v) is 4.30. The van der Waals surface area contributed by atoms with Crippen LogP contribution in [0.2, 0.25) is 0 Å². The highest BCUT2D eigenvalue weighted by atomic mass is 16.2. The number of piperidine rings is 1. The first-order chi connectivity index (χ1) is 11.6. The van der Waals surface area contributed by atoms with Crippen molar-refractivity contribution in [1.29, 1.82) is 0 Å². The molecule has 0 unspecified atom stereocenters. The summed E-state index contributed by atoms with van der Waals surface area (Å²) < 4.78 is 0. The van der Waals surface area contributed by atoms with E-state index >= 15 is 0 Å². The lowest BCUT2D eigenvalue weighted by Crippen LogP contribution is -2.49. The van der Waals surface area contributed by atoms with E-state index in [1.165, 1.54) is 0 Å². The van der Waals surface area contributed by atoms with Gasteiger partial charge in [-0.1, -0.05) is 26.0 Å². The van der Waals surface area contributed by atoms with E-state index in [9.17, 15) is 9.59 Å². The number of rotatable bonds is 8. The van der Waals surface area contributed by atoms with Crippen molar-refractivity contribution in [2.75, 3.05) is 18.4 Å². The van der Waals surface area contributed by atoms with Crippen LogP contribution < -0.4 is 21.3 Å². The summed E-state index contributed by atoms with van der Waals surface area (Å²) in [5, 5.41) is 12.4. The molecular formula is C18H28N4O2. The monoisotopic (exact) mass is 332 g/mol. The molecule has 1 aromatic rings. The lowest BCUT2D eigenvalue weighted by Gasteiger charge is -2.28. The Morgan fingerprint density at radius 2 is 1.92 bits per heavy atom. The summed E-state index contributed by atoms with van der Waals surface area (Å²) in [7, 11) is 0. The van der Waals surface area contributed by atoms with Gasteiger partial charge in [0.15, 0.2) is 0 Å². The third-order valence-electron chi connectivity index (χ3n) is 4.30. The fourth-order valence-electron chi connectivity index (χ4n) is 2.85. The third kappa shape index (κ3) is 5.53. The van der Waals surface area contributed by atoms with Crippen LogP contribution in [0.25, 0.3) is 0 Å². The topological polar surface area (TPSA) is 82.3 Å². The Morgan fingerprint density at radius 3 is 2.50 bits per heavy atom. The smallest absolute Gasteiger partial charge is 0.242 e. The summed E-state index contributed by atoms with van der Waals surface area (Å²) in [6, 6.07) is 7.77. The molecule has 1 atom stereocenters. The highest BCUT2D eigenvalue weighted by Crippen LogP contribution is 2.15. The number of hydrogen-bond acceptors (Lipinski definition) is 4. The standard InChI is InChI=1S/C18H28N4O2/c1-13(2)17(18(24)22-16-7-9-19-10-8-16)21-15-5-3-14(4-6-15)11-20-12-23/h3-6,12-13,16-17,19,21H,7-11H2,1-2H3,(H,20,23)(H,22,24)/t17-/m1/s1. The van der Waals surface area contributed by atoms with Crippen molar-refractivity contribution in [2.45, 2.75) is 45.3 Å². The molecule has 1 saturated heterocycles. The van der Waals surface area contributed by atoms with Gasteiger partial charge in [0.05, 0.1) is 0 Å². The Morgan fingerprint density at radius 1 is 1.25 bits per heavy atom. The summed E-state index contributed by atoms with van der Waals surface area (Å²) in [5.74, 6) is 0.242. The maximum atomic E-state index is 12.6. The Bertz CT molecular complexity index is 524. The lowest BCUT2D eigenvalue weighted by molar-refractivity contribution is -0.123. The number of benzene rings is 1. The van der Waals surface area contributed by atoms with E-state index in [2.05, 4.69) is 21.3 Å². The van der Waals surface area contributed by atoms with Gasteiger partial charge in [0.2, 0.25) is 12.3 Å². The van der Waals surface area contributed by atoms with Gasteiger partial charge in [-0.05, 0) is 49.5 Å². The van der Waals surface area contributed by atoms with Crippen LogP contribution in [-0.4, -0.2) is 37.5 Å². The second kappa shape index (κ2) is 9.27. The molecule has 0 saturated carbocycles. The summed E-state index contributed by atoms with van der Waals surface area (Å²) in [5.41, 5.74) is 1.93. The maximum Gasteiger partial charge on any atom is 0.242 e. The predicted octanol–water partition coefficient (Wildman–Crippen LogP) is 1.24. The van der Waals surface area contributed by atoms with Gasteiger partial charge in [0, 0.05) is 18.3 Å². The zero-order chi connectivity index (χ0) is 17.4. The fourth-order valence-corrected chi connectivity index (χ4v) is 2.85. The minimum Gasteiger partial charge on any atom is -0.373 e. The van der Waals surface area contributed by atoms with Crippen LogP contribution in [0.3, 0.4) is 0 Å². The van der Waals surface area contributed by atoms with E-state index in [0.717, 1.165) is 37.2 Å². The lowest BCUT2D eigenvalue weighted by atomic mass is 10.0. The van der Waals surface area contributed by atoms with E-state index in [1.54, 1.807) is 0 Å². The van der Waals surface area contributed by atoms with Crippen LogP contribution in [0.15, 0.2) is 24.3 Å². The predicted molar refractivity (Wildman–Crippen MR) is 95.6 cm³/mol. The molecular weight excluding hydrogens is 304 g/mol. The van der Waals surface area contributed by atoms with E-state index in [1.807, 2.05) is 38.1 Å². The van der Waals surface area contributed by atoms with Gasteiger partial charge in [0.25, 0.3) is 0 Å². The second-order valence-electron chi connectivity index (χ2n) is 6.59. The van der Waals surface area contributed by atoms with Crippen molar-refractivity contribution in [3.63, 3.8) is 0 Å². The molecule has 1 aliphatic heterocycles. The normalized spacial score (nSPS) is 16.5. The molecule has 0 spiro atoms. The Balaban J connectivity index is 1.94. The Labute approximate surface area is 143 Å². The van der Waals surface area contributed by atoms with Crippen molar-refractivity contribution in [3.05, 3.63) is 29.8 Å². The summed E-state index contributed by atoms with van der Waals surface area (Å²) in [6.07, 6.45) is 2.65. The first-order valence-corrected chi connectivity index (χ1v) is 8.63. The van der Waals surface area contributed by atoms with Crippen LogP contribution >= 0.6 is 0 Å². The molecule has 6 heteroatoms. The summed E-state index contributed by atoms with van der Waals surface area (Å²) in [6.45, 7) is 6.51. The van der Waals surface area contributed by atoms with E-state index in [-0.39, 0.29) is 23.9 Å². The van der Waals surface area contributed by atoms with Crippen molar-refractivity contribution >= 4 is 18.0 Å². The zero-order valence-electron chi connectivity index (χ0n) is 14.5. The number of amides is 2. The van der Waals surface area contributed by atoms with Gasteiger partial charge in [0.1, 0.15) is 6.04 Å². The molecule has 4 N–H and O–H groups in total. The number of carbonyl (C=O) groups excluding carboxylic acids is 2. The first kappa shape index (κ1) is 18.3. The van der Waals surface area contributed by atoms with E-state index in [4.69, 9.17) is 0 Å². The highest BCUT2D eigenvalue weighted by molar-refractivity contribution is 5.85. The average Bonchev–Trinajstić information content (AvgIpc) is 2.59. The van der Waals surface area contributed by atoms with Crippen LogP contribution in [-0.2, 0) is 16.1 Å². The molecule has 2 amide bonds. The van der Waals surface area contributed by atoms with Crippen molar-refractivity contribution < 1.29 is 9.59 Å². The molecule has 1 fully saturated rings. The van der Waals surface area contributed by atoms with Gasteiger partial charge >= 0.3 is 0 Å². The fraction of sp³-hybridized carbons (Fsp3) is 0.556. The number of nitrogens with one attached hydrogen (secondary N) is 4. The van der Waals surface area contributed by atoms with E-state index < -0.39 is 0 Å². The largest absolute Gasteiger partial charge is 0.373 e. The summed E-state index contributed by atoms with van der Waals surface area (Å²) in [4.78, 5) is 23.0.